The van der Waals surface area contributed by atoms with E-state index in [2.05, 4.69) is 15.9 Å². The molecule has 0 spiro atoms. The van der Waals surface area contributed by atoms with E-state index < -0.39 is 5.82 Å². The van der Waals surface area contributed by atoms with Gasteiger partial charge in [0.25, 0.3) is 0 Å². The Labute approximate surface area is 97.0 Å². The molecule has 0 aliphatic heterocycles. The van der Waals surface area contributed by atoms with Crippen LogP contribution in [0.4, 0.5) is 4.39 Å². The molecule has 0 amide bonds. The highest BCUT2D eigenvalue weighted by molar-refractivity contribution is 14.1. The van der Waals surface area contributed by atoms with Crippen LogP contribution in [0.2, 0.25) is 0 Å². The first-order chi connectivity index (χ1) is 6.11. The number of nitriles is 1. The first-order valence-corrected chi connectivity index (χ1v) is 5.10. The minimum atomic E-state index is -0.406. The molecule has 2 nitrogen and oxygen atoms in total. The molecular formula is C8H4BrFINO. The van der Waals surface area contributed by atoms with Crippen molar-refractivity contribution in [2.45, 2.75) is 0 Å². The predicted octanol–water partition coefficient (Wildman–Crippen LogP) is 3.07. The summed E-state index contributed by atoms with van der Waals surface area (Å²) in [6, 6.07) is 3.33. The minimum Gasteiger partial charge on any atom is -0.494 e. The monoisotopic (exact) mass is 355 g/mol. The van der Waals surface area contributed by atoms with E-state index in [1.165, 1.54) is 13.2 Å². The molecule has 0 aliphatic carbocycles. The van der Waals surface area contributed by atoms with Gasteiger partial charge >= 0.3 is 0 Å². The lowest BCUT2D eigenvalue weighted by Gasteiger charge is -2.07. The van der Waals surface area contributed by atoms with E-state index in [0.29, 0.717) is 9.13 Å². The van der Waals surface area contributed by atoms with Crippen LogP contribution in [-0.2, 0) is 0 Å². The molecule has 0 aromatic heterocycles. The summed E-state index contributed by atoms with van der Waals surface area (Å²) < 4.78 is 18.7. The first kappa shape index (κ1) is 10.7. The third kappa shape index (κ3) is 1.94. The van der Waals surface area contributed by atoms with Gasteiger partial charge in [-0.2, -0.15) is 5.26 Å². The Morgan fingerprint density at radius 2 is 2.31 bits per heavy atom. The molecule has 1 aromatic carbocycles. The molecule has 0 aliphatic rings. The highest BCUT2D eigenvalue weighted by Gasteiger charge is 2.15. The molecule has 0 bridgehead atoms. The zero-order chi connectivity index (χ0) is 10.0. The van der Waals surface area contributed by atoms with Crippen LogP contribution in [0.1, 0.15) is 5.56 Å². The Morgan fingerprint density at radius 3 is 2.77 bits per heavy atom. The van der Waals surface area contributed by atoms with Crippen LogP contribution in [-0.4, -0.2) is 7.11 Å². The van der Waals surface area contributed by atoms with Gasteiger partial charge in [0.05, 0.1) is 20.7 Å². The summed E-state index contributed by atoms with van der Waals surface area (Å²) in [4.78, 5) is 0. The molecule has 13 heavy (non-hydrogen) atoms. The molecule has 0 saturated heterocycles. The van der Waals surface area contributed by atoms with Crippen molar-refractivity contribution in [2.75, 3.05) is 7.11 Å². The number of hydrogen-bond donors (Lipinski definition) is 0. The van der Waals surface area contributed by atoms with E-state index in [-0.39, 0.29) is 10.2 Å². The Balaban J connectivity index is 3.50. The van der Waals surface area contributed by atoms with Crippen LogP contribution in [0.25, 0.3) is 0 Å². The second-order valence-corrected chi connectivity index (χ2v) is 4.11. The van der Waals surface area contributed by atoms with Gasteiger partial charge in [0.15, 0.2) is 11.6 Å². The van der Waals surface area contributed by atoms with Crippen LogP contribution in [0.3, 0.4) is 0 Å². The van der Waals surface area contributed by atoms with E-state index in [0.717, 1.165) is 0 Å². The number of rotatable bonds is 1. The predicted molar refractivity (Wildman–Crippen MR) is 58.1 cm³/mol. The number of methoxy groups -OCH3 is 1. The summed E-state index contributed by atoms with van der Waals surface area (Å²) in [5.74, 6) is -0.125. The standard InChI is InChI=1S/C8H4BrFINO/c1-13-8-4(3-12)2-5(9)6(10)7(8)11/h2H,1H3. The van der Waals surface area contributed by atoms with E-state index in [4.69, 9.17) is 10.00 Å². The van der Waals surface area contributed by atoms with E-state index in [1.54, 1.807) is 22.6 Å². The van der Waals surface area contributed by atoms with Crippen molar-refractivity contribution in [1.82, 2.24) is 0 Å². The lowest BCUT2D eigenvalue weighted by Crippen LogP contribution is -1.95. The van der Waals surface area contributed by atoms with Gasteiger partial charge in [0.1, 0.15) is 6.07 Å². The van der Waals surface area contributed by atoms with Crippen molar-refractivity contribution < 1.29 is 9.13 Å². The van der Waals surface area contributed by atoms with Gasteiger partial charge in [0.2, 0.25) is 0 Å². The van der Waals surface area contributed by atoms with E-state index >= 15 is 0 Å². The SMILES string of the molecule is COc1c(C#N)cc(Br)c(F)c1I. The number of ether oxygens (including phenoxy) is 1. The smallest absolute Gasteiger partial charge is 0.154 e. The lowest BCUT2D eigenvalue weighted by molar-refractivity contribution is 0.405. The zero-order valence-electron chi connectivity index (χ0n) is 6.57. The molecule has 0 N–H and O–H groups in total. The van der Waals surface area contributed by atoms with Gasteiger partial charge in [-0.25, -0.2) is 4.39 Å². The summed E-state index contributed by atoms with van der Waals surface area (Å²) in [5.41, 5.74) is 0.320. The first-order valence-electron chi connectivity index (χ1n) is 3.23. The van der Waals surface area contributed by atoms with Gasteiger partial charge < -0.3 is 4.74 Å². The highest BCUT2D eigenvalue weighted by Crippen LogP contribution is 2.32. The van der Waals surface area contributed by atoms with Gasteiger partial charge in [-0.3, -0.25) is 0 Å². The van der Waals surface area contributed by atoms with Crippen molar-refractivity contribution in [1.29, 1.82) is 5.26 Å². The summed E-state index contributed by atoms with van der Waals surface area (Å²) in [6.07, 6.45) is 0. The zero-order valence-corrected chi connectivity index (χ0v) is 10.3. The Morgan fingerprint density at radius 1 is 1.69 bits per heavy atom. The molecule has 1 rings (SSSR count). The van der Waals surface area contributed by atoms with Crippen LogP contribution >= 0.6 is 38.5 Å². The van der Waals surface area contributed by atoms with E-state index in [9.17, 15) is 4.39 Å². The molecule has 0 saturated carbocycles. The summed E-state index contributed by atoms with van der Waals surface area (Å²) >= 11 is 4.81. The van der Waals surface area contributed by atoms with Crippen LogP contribution in [0, 0.1) is 20.7 Å². The Bertz CT molecular complexity index is 389. The van der Waals surface area contributed by atoms with Crippen LogP contribution in [0.5, 0.6) is 5.75 Å². The maximum Gasteiger partial charge on any atom is 0.154 e. The Kier molecular flexibility index (Phi) is 3.50. The molecule has 5 heteroatoms. The molecule has 0 fully saturated rings. The molecule has 1 aromatic rings. The maximum absolute atomic E-state index is 13.3. The topological polar surface area (TPSA) is 33.0 Å². The second-order valence-electron chi connectivity index (χ2n) is 2.18. The number of halogens is 3. The molecular weight excluding hydrogens is 352 g/mol. The molecule has 68 valence electrons. The van der Waals surface area contributed by atoms with Crippen molar-refractivity contribution in [2.24, 2.45) is 0 Å². The van der Waals surface area contributed by atoms with Gasteiger partial charge in [0, 0.05) is 0 Å². The van der Waals surface area contributed by atoms with Crippen molar-refractivity contribution in [3.05, 3.63) is 25.5 Å². The average Bonchev–Trinajstić information content (AvgIpc) is 2.13. The van der Waals surface area contributed by atoms with Crippen molar-refractivity contribution in [3.8, 4) is 11.8 Å². The summed E-state index contributed by atoms with van der Waals surface area (Å²) in [6.45, 7) is 0. The number of benzene rings is 1. The highest BCUT2D eigenvalue weighted by atomic mass is 127. The third-order valence-corrected chi connectivity index (χ3v) is 2.98. The number of nitrogens with zero attached hydrogens (tertiary/aromatic N) is 1. The van der Waals surface area contributed by atoms with Gasteiger partial charge in [-0.05, 0) is 44.6 Å². The van der Waals surface area contributed by atoms with Crippen LogP contribution in [0.15, 0.2) is 10.5 Å². The summed E-state index contributed by atoms with van der Waals surface area (Å²) in [7, 11) is 1.41. The van der Waals surface area contributed by atoms with E-state index in [1.807, 2.05) is 6.07 Å². The van der Waals surface area contributed by atoms with Crippen LogP contribution < -0.4 is 4.74 Å². The normalized spacial score (nSPS) is 9.46. The average molecular weight is 356 g/mol. The Hall–Kier alpha value is -0.350. The molecule has 0 unspecified atom stereocenters. The fourth-order valence-corrected chi connectivity index (χ4v) is 2.46. The van der Waals surface area contributed by atoms with Gasteiger partial charge in [-0.15, -0.1) is 0 Å². The number of hydrogen-bond acceptors (Lipinski definition) is 2. The molecule has 0 radical (unpaired) electrons. The summed E-state index contributed by atoms with van der Waals surface area (Å²) in [5, 5.41) is 8.71. The van der Waals surface area contributed by atoms with Crippen molar-refractivity contribution in [3.63, 3.8) is 0 Å². The second kappa shape index (κ2) is 4.24. The maximum atomic E-state index is 13.3. The fourth-order valence-electron chi connectivity index (χ4n) is 0.861. The van der Waals surface area contributed by atoms with Crippen molar-refractivity contribution >= 4 is 38.5 Å². The molecule has 0 atom stereocenters. The molecule has 0 heterocycles. The lowest BCUT2D eigenvalue weighted by atomic mass is 10.2. The third-order valence-electron chi connectivity index (χ3n) is 1.44. The fraction of sp³-hybridized carbons (Fsp3) is 0.125. The largest absolute Gasteiger partial charge is 0.494 e. The minimum absolute atomic E-state index is 0.272. The van der Waals surface area contributed by atoms with Gasteiger partial charge in [-0.1, -0.05) is 0 Å². The quantitative estimate of drug-likeness (QED) is 0.573.